The molecule has 8 nitrogen and oxygen atoms in total. The Morgan fingerprint density at radius 2 is 2.03 bits per heavy atom. The maximum absolute atomic E-state index is 5.44. The van der Waals surface area contributed by atoms with Crippen molar-refractivity contribution < 1.29 is 9.47 Å². The van der Waals surface area contributed by atoms with Gasteiger partial charge < -0.3 is 19.3 Å². The van der Waals surface area contributed by atoms with Crippen LogP contribution in [0.15, 0.2) is 30.6 Å². The maximum atomic E-state index is 5.44. The van der Waals surface area contributed by atoms with Gasteiger partial charge in [0.25, 0.3) is 0 Å². The quantitative estimate of drug-likeness (QED) is 0.730. The van der Waals surface area contributed by atoms with Crippen molar-refractivity contribution in [2.24, 2.45) is 0 Å². The molecule has 156 valence electrons. The smallest absolute Gasteiger partial charge is 0.227 e. The Morgan fingerprint density at radius 1 is 1.17 bits per heavy atom. The van der Waals surface area contributed by atoms with E-state index >= 15 is 0 Å². The summed E-state index contributed by atoms with van der Waals surface area (Å²) in [5.74, 6) is 2.44. The third kappa shape index (κ3) is 4.94. The lowest BCUT2D eigenvalue weighted by Crippen LogP contribution is -2.46. The molecule has 4 heterocycles. The molecule has 1 unspecified atom stereocenters. The van der Waals surface area contributed by atoms with Gasteiger partial charge in [0.2, 0.25) is 11.8 Å². The average Bonchev–Trinajstić information content (AvgIpc) is 2.80. The second kappa shape index (κ2) is 9.37. The summed E-state index contributed by atoms with van der Waals surface area (Å²) in [4.78, 5) is 20.7. The highest BCUT2D eigenvalue weighted by Gasteiger charge is 2.25. The molecule has 0 aliphatic carbocycles. The van der Waals surface area contributed by atoms with Crippen LogP contribution in [0.1, 0.15) is 18.4 Å². The highest BCUT2D eigenvalue weighted by Crippen LogP contribution is 2.23. The second-order valence-electron chi connectivity index (χ2n) is 7.67. The zero-order chi connectivity index (χ0) is 20.1. The number of methoxy groups -OCH3 is 1. The van der Waals surface area contributed by atoms with Gasteiger partial charge in [0.15, 0.2) is 0 Å². The molecule has 2 saturated heterocycles. The molecule has 1 atom stereocenters. The molecule has 2 aromatic heterocycles. The predicted octanol–water partition coefficient (Wildman–Crippen LogP) is 1.82. The van der Waals surface area contributed by atoms with Crippen LogP contribution < -0.4 is 14.5 Å². The number of likely N-dealkylation sites (N-methyl/N-ethyl adjacent to an activating group) is 1. The van der Waals surface area contributed by atoms with Crippen LogP contribution in [0.25, 0.3) is 0 Å². The Hall–Kier alpha value is -2.45. The average molecular weight is 399 g/mol. The minimum atomic E-state index is 0.433. The molecule has 2 fully saturated rings. The fraction of sp³-hybridized carbons (Fsp3) is 0.571. The van der Waals surface area contributed by atoms with E-state index < -0.39 is 0 Å². The Kier molecular flexibility index (Phi) is 6.41. The van der Waals surface area contributed by atoms with Crippen molar-refractivity contribution in [3.63, 3.8) is 0 Å². The fourth-order valence-corrected chi connectivity index (χ4v) is 4.01. The van der Waals surface area contributed by atoms with E-state index in [4.69, 9.17) is 14.5 Å². The highest BCUT2D eigenvalue weighted by atomic mass is 16.5. The van der Waals surface area contributed by atoms with E-state index in [2.05, 4.69) is 37.8 Å². The van der Waals surface area contributed by atoms with E-state index in [1.54, 1.807) is 7.11 Å². The summed E-state index contributed by atoms with van der Waals surface area (Å²) in [6.07, 6.45) is 6.13. The number of anilines is 2. The molecular formula is C21H30N6O2. The van der Waals surface area contributed by atoms with Gasteiger partial charge in [0.1, 0.15) is 5.82 Å². The molecule has 0 N–H and O–H groups in total. The van der Waals surface area contributed by atoms with Crippen LogP contribution in [0.5, 0.6) is 5.88 Å². The minimum absolute atomic E-state index is 0.433. The van der Waals surface area contributed by atoms with Crippen LogP contribution in [0.4, 0.5) is 11.8 Å². The van der Waals surface area contributed by atoms with Crippen molar-refractivity contribution in [2.75, 3.05) is 63.4 Å². The largest absolute Gasteiger partial charge is 0.481 e. The van der Waals surface area contributed by atoms with Crippen molar-refractivity contribution in [3.05, 3.63) is 36.2 Å². The first kappa shape index (κ1) is 19.8. The summed E-state index contributed by atoms with van der Waals surface area (Å²) < 4.78 is 10.6. The molecule has 0 spiro atoms. The van der Waals surface area contributed by atoms with Crippen molar-refractivity contribution in [2.45, 2.75) is 25.4 Å². The number of likely N-dealkylation sites (tertiary alicyclic amines) is 1. The molecule has 0 amide bonds. The minimum Gasteiger partial charge on any atom is -0.481 e. The molecule has 2 aliphatic rings. The molecule has 4 rings (SSSR count). The number of nitrogens with zero attached hydrogens (tertiary/aromatic N) is 6. The number of piperidine rings is 1. The van der Waals surface area contributed by atoms with E-state index in [9.17, 15) is 0 Å². The van der Waals surface area contributed by atoms with E-state index in [-0.39, 0.29) is 0 Å². The molecule has 2 aliphatic heterocycles. The second-order valence-corrected chi connectivity index (χ2v) is 7.67. The number of aromatic nitrogens is 3. The molecule has 0 saturated carbocycles. The Morgan fingerprint density at radius 3 is 2.79 bits per heavy atom. The molecule has 0 radical (unpaired) electrons. The highest BCUT2D eigenvalue weighted by molar-refractivity contribution is 5.44. The summed E-state index contributed by atoms with van der Waals surface area (Å²) in [5, 5.41) is 0. The molecule has 29 heavy (non-hydrogen) atoms. The first-order valence-corrected chi connectivity index (χ1v) is 10.3. The summed E-state index contributed by atoms with van der Waals surface area (Å²) in [7, 11) is 3.79. The van der Waals surface area contributed by atoms with Crippen molar-refractivity contribution in [1.29, 1.82) is 0 Å². The fourth-order valence-electron chi connectivity index (χ4n) is 4.01. The van der Waals surface area contributed by atoms with Crippen LogP contribution in [0, 0.1) is 0 Å². The number of hydrogen-bond donors (Lipinski definition) is 0. The van der Waals surface area contributed by atoms with Gasteiger partial charge in [0.05, 0.1) is 20.3 Å². The first-order chi connectivity index (χ1) is 14.2. The van der Waals surface area contributed by atoms with E-state index in [0.717, 1.165) is 57.7 Å². The first-order valence-electron chi connectivity index (χ1n) is 10.3. The van der Waals surface area contributed by atoms with Gasteiger partial charge in [-0.2, -0.15) is 4.98 Å². The van der Waals surface area contributed by atoms with Gasteiger partial charge in [0, 0.05) is 57.7 Å². The van der Waals surface area contributed by atoms with Gasteiger partial charge >= 0.3 is 0 Å². The molecular weight excluding hydrogens is 368 g/mol. The third-order valence-electron chi connectivity index (χ3n) is 5.72. The van der Waals surface area contributed by atoms with Gasteiger partial charge in [-0.25, -0.2) is 9.97 Å². The Bertz CT molecular complexity index is 781. The van der Waals surface area contributed by atoms with Crippen LogP contribution in [-0.2, 0) is 11.3 Å². The lowest BCUT2D eigenvalue weighted by molar-refractivity contribution is 0.122. The van der Waals surface area contributed by atoms with Crippen LogP contribution in [0.3, 0.4) is 0 Å². The van der Waals surface area contributed by atoms with Crippen LogP contribution in [0.2, 0.25) is 0 Å². The van der Waals surface area contributed by atoms with Gasteiger partial charge in [-0.3, -0.25) is 4.90 Å². The van der Waals surface area contributed by atoms with Crippen LogP contribution in [-0.4, -0.2) is 79.4 Å². The number of pyridine rings is 1. The van der Waals surface area contributed by atoms with Gasteiger partial charge in [-0.05, 0) is 31.0 Å². The van der Waals surface area contributed by atoms with Crippen molar-refractivity contribution in [1.82, 2.24) is 19.9 Å². The summed E-state index contributed by atoms with van der Waals surface area (Å²) in [6.45, 7) is 6.20. The van der Waals surface area contributed by atoms with Gasteiger partial charge in [-0.1, -0.05) is 6.07 Å². The topological polar surface area (TPSA) is 66.9 Å². The zero-order valence-electron chi connectivity index (χ0n) is 17.3. The Balaban J connectivity index is 1.39. The van der Waals surface area contributed by atoms with Gasteiger partial charge in [-0.15, -0.1) is 0 Å². The summed E-state index contributed by atoms with van der Waals surface area (Å²) in [5.41, 5.74) is 1.21. The monoisotopic (exact) mass is 398 g/mol. The third-order valence-corrected chi connectivity index (χ3v) is 5.72. The Labute approximate surface area is 172 Å². The van der Waals surface area contributed by atoms with E-state index in [1.165, 1.54) is 18.4 Å². The SMILES string of the molecule is COc1ccc(CN2CCCC(N(C)c3ccnc(N4CCOCC4)n3)C2)cn1. The maximum Gasteiger partial charge on any atom is 0.227 e. The van der Waals surface area contributed by atoms with E-state index in [1.807, 2.05) is 24.5 Å². The number of rotatable bonds is 6. The predicted molar refractivity (Wildman–Crippen MR) is 113 cm³/mol. The lowest BCUT2D eigenvalue weighted by Gasteiger charge is -2.38. The molecule has 0 bridgehead atoms. The number of ether oxygens (including phenoxy) is 2. The van der Waals surface area contributed by atoms with E-state index in [0.29, 0.717) is 11.9 Å². The molecule has 0 aromatic carbocycles. The van der Waals surface area contributed by atoms with Crippen molar-refractivity contribution in [3.8, 4) is 5.88 Å². The summed E-state index contributed by atoms with van der Waals surface area (Å²) >= 11 is 0. The van der Waals surface area contributed by atoms with Crippen LogP contribution >= 0.6 is 0 Å². The number of hydrogen-bond acceptors (Lipinski definition) is 8. The summed E-state index contributed by atoms with van der Waals surface area (Å²) in [6, 6.07) is 6.47. The normalized spacial score (nSPS) is 20.5. The molecule has 8 heteroatoms. The van der Waals surface area contributed by atoms with Crippen molar-refractivity contribution >= 4 is 11.8 Å². The number of morpholine rings is 1. The molecule has 2 aromatic rings. The lowest BCUT2D eigenvalue weighted by atomic mass is 10.0. The standard InChI is InChI=1S/C21H30N6O2/c1-25(19-7-8-22-21(24-19)27-10-12-29-13-11-27)18-4-3-9-26(16-18)15-17-5-6-20(28-2)23-14-17/h5-8,14,18H,3-4,9-13,15-16H2,1-2H3. The zero-order valence-corrected chi connectivity index (χ0v) is 17.3.